The number of aromatic nitrogens is 2. The molecule has 2 aliphatic rings. The van der Waals surface area contributed by atoms with Gasteiger partial charge in [-0.15, -0.1) is 0 Å². The molecule has 1 amide bonds. The van der Waals surface area contributed by atoms with Crippen molar-refractivity contribution >= 4 is 5.91 Å². The van der Waals surface area contributed by atoms with Crippen LogP contribution in [0.25, 0.3) is 0 Å². The lowest BCUT2D eigenvalue weighted by Crippen LogP contribution is -2.28. The van der Waals surface area contributed by atoms with E-state index in [4.69, 9.17) is 4.74 Å². The number of benzene rings is 1. The molecule has 2 aromatic rings. The van der Waals surface area contributed by atoms with Gasteiger partial charge in [0.25, 0.3) is 5.91 Å². The summed E-state index contributed by atoms with van der Waals surface area (Å²) in [6.07, 6.45) is 4.24. The van der Waals surface area contributed by atoms with Crippen LogP contribution in [-0.4, -0.2) is 28.9 Å². The van der Waals surface area contributed by atoms with Crippen LogP contribution in [-0.2, 0) is 18.2 Å². The summed E-state index contributed by atoms with van der Waals surface area (Å²) in [5.41, 5.74) is 3.42. The number of carbonyl (C=O) groups is 1. The van der Waals surface area contributed by atoms with Gasteiger partial charge in [-0.3, -0.25) is 9.48 Å². The van der Waals surface area contributed by atoms with Crippen molar-refractivity contribution in [1.29, 1.82) is 0 Å². The Bertz CT molecular complexity index is 781. The second-order valence-electron chi connectivity index (χ2n) is 6.57. The SMILES string of the molecule is Cn1cc(C(=O)N[C@H]2CCc3cc(F)ccc32)c([C@@H]2CCOC2)n1. The summed E-state index contributed by atoms with van der Waals surface area (Å²) in [7, 11) is 1.82. The number of carbonyl (C=O) groups excluding carboxylic acids is 1. The van der Waals surface area contributed by atoms with Gasteiger partial charge in [0.05, 0.1) is 23.9 Å². The zero-order valence-corrected chi connectivity index (χ0v) is 13.6. The van der Waals surface area contributed by atoms with Crippen molar-refractivity contribution in [3.05, 3.63) is 52.6 Å². The number of hydrogen-bond acceptors (Lipinski definition) is 3. The van der Waals surface area contributed by atoms with Crippen molar-refractivity contribution < 1.29 is 13.9 Å². The third kappa shape index (κ3) is 2.71. The van der Waals surface area contributed by atoms with E-state index in [1.807, 2.05) is 7.05 Å². The molecule has 24 heavy (non-hydrogen) atoms. The van der Waals surface area contributed by atoms with Crippen LogP contribution in [0.2, 0.25) is 0 Å². The fourth-order valence-corrected chi connectivity index (χ4v) is 3.70. The van der Waals surface area contributed by atoms with E-state index in [2.05, 4.69) is 10.4 Å². The molecule has 1 N–H and O–H groups in total. The first-order valence-electron chi connectivity index (χ1n) is 8.32. The Labute approximate surface area is 139 Å². The summed E-state index contributed by atoms with van der Waals surface area (Å²) in [4.78, 5) is 12.8. The highest BCUT2D eigenvalue weighted by molar-refractivity contribution is 5.95. The lowest BCUT2D eigenvalue weighted by atomic mass is 10.0. The highest BCUT2D eigenvalue weighted by Gasteiger charge is 2.29. The summed E-state index contributed by atoms with van der Waals surface area (Å²) < 4.78 is 20.4. The topological polar surface area (TPSA) is 56.2 Å². The maximum Gasteiger partial charge on any atom is 0.255 e. The van der Waals surface area contributed by atoms with E-state index in [9.17, 15) is 9.18 Å². The average molecular weight is 329 g/mol. The molecule has 0 spiro atoms. The van der Waals surface area contributed by atoms with E-state index >= 15 is 0 Å². The Morgan fingerprint density at radius 1 is 1.42 bits per heavy atom. The van der Waals surface area contributed by atoms with Gasteiger partial charge in [-0.05, 0) is 42.5 Å². The van der Waals surface area contributed by atoms with Crippen LogP contribution in [0.4, 0.5) is 4.39 Å². The normalized spacial score (nSPS) is 22.6. The lowest BCUT2D eigenvalue weighted by Gasteiger charge is -2.15. The number of fused-ring (bicyclic) bond motifs is 1. The largest absolute Gasteiger partial charge is 0.381 e. The van der Waals surface area contributed by atoms with Gasteiger partial charge < -0.3 is 10.1 Å². The first-order chi connectivity index (χ1) is 11.6. The van der Waals surface area contributed by atoms with Gasteiger partial charge in [-0.2, -0.15) is 5.10 Å². The molecular formula is C18H20FN3O2. The minimum Gasteiger partial charge on any atom is -0.381 e. The van der Waals surface area contributed by atoms with E-state index in [1.54, 1.807) is 23.0 Å². The van der Waals surface area contributed by atoms with Crippen LogP contribution >= 0.6 is 0 Å². The smallest absolute Gasteiger partial charge is 0.255 e. The number of rotatable bonds is 3. The molecule has 0 unspecified atom stereocenters. The van der Waals surface area contributed by atoms with Crippen LogP contribution < -0.4 is 5.32 Å². The van der Waals surface area contributed by atoms with E-state index < -0.39 is 0 Å². The maximum absolute atomic E-state index is 13.3. The number of nitrogens with one attached hydrogen (secondary N) is 1. The van der Waals surface area contributed by atoms with E-state index in [0.29, 0.717) is 18.8 Å². The van der Waals surface area contributed by atoms with Crippen molar-refractivity contribution in [1.82, 2.24) is 15.1 Å². The van der Waals surface area contributed by atoms with Crippen LogP contribution in [0.15, 0.2) is 24.4 Å². The summed E-state index contributed by atoms with van der Waals surface area (Å²) in [6.45, 7) is 1.33. The molecule has 5 nitrogen and oxygen atoms in total. The fraction of sp³-hybridized carbons (Fsp3) is 0.444. The summed E-state index contributed by atoms with van der Waals surface area (Å²) in [5, 5.41) is 7.56. The first-order valence-corrected chi connectivity index (χ1v) is 8.32. The molecule has 1 aliphatic heterocycles. The molecule has 2 heterocycles. The van der Waals surface area contributed by atoms with E-state index in [1.165, 1.54) is 6.07 Å². The minimum absolute atomic E-state index is 0.0685. The molecule has 2 atom stereocenters. The Balaban J connectivity index is 1.56. The molecule has 1 saturated heterocycles. The zero-order valence-electron chi connectivity index (χ0n) is 13.6. The summed E-state index contributed by atoms with van der Waals surface area (Å²) in [5.74, 6) is -0.166. The van der Waals surface area contributed by atoms with Crippen molar-refractivity contribution in [2.24, 2.45) is 7.05 Å². The summed E-state index contributed by atoms with van der Waals surface area (Å²) >= 11 is 0. The lowest BCUT2D eigenvalue weighted by molar-refractivity contribution is 0.0935. The summed E-state index contributed by atoms with van der Waals surface area (Å²) in [6, 6.07) is 4.72. The molecule has 6 heteroatoms. The van der Waals surface area contributed by atoms with E-state index in [0.717, 1.165) is 36.1 Å². The second kappa shape index (κ2) is 6.02. The minimum atomic E-state index is -0.225. The number of halogens is 1. The van der Waals surface area contributed by atoms with E-state index in [-0.39, 0.29) is 23.7 Å². The second-order valence-corrected chi connectivity index (χ2v) is 6.57. The Kier molecular flexibility index (Phi) is 3.84. The molecule has 0 saturated carbocycles. The third-order valence-electron chi connectivity index (χ3n) is 4.91. The molecule has 0 bridgehead atoms. The highest BCUT2D eigenvalue weighted by Crippen LogP contribution is 2.32. The quantitative estimate of drug-likeness (QED) is 0.941. The van der Waals surface area contributed by atoms with Gasteiger partial charge in [0, 0.05) is 25.8 Å². The molecule has 1 aromatic heterocycles. The number of aryl methyl sites for hydroxylation is 2. The highest BCUT2D eigenvalue weighted by atomic mass is 19.1. The molecule has 1 aliphatic carbocycles. The molecule has 4 rings (SSSR count). The molecular weight excluding hydrogens is 309 g/mol. The maximum atomic E-state index is 13.3. The van der Waals surface area contributed by atoms with Crippen LogP contribution in [0, 0.1) is 5.82 Å². The Hall–Kier alpha value is -2.21. The number of ether oxygens (including phenoxy) is 1. The third-order valence-corrected chi connectivity index (χ3v) is 4.91. The number of nitrogens with zero attached hydrogens (tertiary/aromatic N) is 2. The van der Waals surface area contributed by atoms with Crippen molar-refractivity contribution in [2.45, 2.75) is 31.2 Å². The van der Waals surface area contributed by atoms with Gasteiger partial charge in [0.2, 0.25) is 0 Å². The number of hydrogen-bond donors (Lipinski definition) is 1. The number of amides is 1. The fourth-order valence-electron chi connectivity index (χ4n) is 3.70. The standard InChI is InChI=1S/C18H20FN3O2/c1-22-9-15(17(21-22)12-6-7-24-10-12)18(23)20-16-5-2-11-8-13(19)3-4-14(11)16/h3-4,8-9,12,16H,2,5-7,10H2,1H3,(H,20,23)/t12-,16+/m1/s1. The first kappa shape index (κ1) is 15.3. The molecule has 1 aromatic carbocycles. The van der Waals surface area contributed by atoms with Gasteiger partial charge in [0.15, 0.2) is 0 Å². The Morgan fingerprint density at radius 3 is 3.08 bits per heavy atom. The predicted octanol–water partition coefficient (Wildman–Crippen LogP) is 2.48. The van der Waals surface area contributed by atoms with Gasteiger partial charge in [-0.1, -0.05) is 6.07 Å². The molecule has 0 radical (unpaired) electrons. The Morgan fingerprint density at radius 2 is 2.29 bits per heavy atom. The van der Waals surface area contributed by atoms with Gasteiger partial charge in [-0.25, -0.2) is 4.39 Å². The molecule has 126 valence electrons. The van der Waals surface area contributed by atoms with Gasteiger partial charge in [0.1, 0.15) is 5.82 Å². The average Bonchev–Trinajstić information content (AvgIpc) is 3.26. The van der Waals surface area contributed by atoms with Crippen molar-refractivity contribution in [3.63, 3.8) is 0 Å². The van der Waals surface area contributed by atoms with Gasteiger partial charge >= 0.3 is 0 Å². The van der Waals surface area contributed by atoms with Crippen LogP contribution in [0.5, 0.6) is 0 Å². The molecule has 1 fully saturated rings. The monoisotopic (exact) mass is 329 g/mol. The van der Waals surface area contributed by atoms with Crippen LogP contribution in [0.3, 0.4) is 0 Å². The van der Waals surface area contributed by atoms with Crippen molar-refractivity contribution in [2.75, 3.05) is 13.2 Å². The van der Waals surface area contributed by atoms with Crippen LogP contribution in [0.1, 0.15) is 52.0 Å². The van der Waals surface area contributed by atoms with Crippen molar-refractivity contribution in [3.8, 4) is 0 Å². The zero-order chi connectivity index (χ0) is 16.7. The predicted molar refractivity (Wildman–Crippen MR) is 86.3 cm³/mol.